The second kappa shape index (κ2) is 13.0. The van der Waals surface area contributed by atoms with E-state index in [4.69, 9.17) is 11.1 Å². The van der Waals surface area contributed by atoms with Gasteiger partial charge in [0, 0.05) is 72.0 Å². The molecule has 0 aliphatic carbocycles. The molecule has 228 valence electrons. The highest BCUT2D eigenvalue weighted by Gasteiger charge is 2.56. The summed E-state index contributed by atoms with van der Waals surface area (Å²) in [4.78, 5) is 61.7. The number of nitrogens with zero attached hydrogens (tertiary/aromatic N) is 6. The average molecular weight is 583 g/mol. The van der Waals surface area contributed by atoms with E-state index in [0.717, 1.165) is 43.8 Å². The van der Waals surface area contributed by atoms with Crippen LogP contribution < -0.4 is 5.73 Å². The van der Waals surface area contributed by atoms with Gasteiger partial charge < -0.3 is 30.4 Å². The number of likely N-dealkylation sites (tertiary alicyclic amines) is 2. The van der Waals surface area contributed by atoms with Crippen molar-refractivity contribution in [3.63, 3.8) is 0 Å². The molecule has 4 fully saturated rings. The molecule has 0 radical (unpaired) electrons. The monoisotopic (exact) mass is 582 g/mol. The van der Waals surface area contributed by atoms with Crippen LogP contribution in [0.1, 0.15) is 24.8 Å². The Bertz CT molecular complexity index is 1170. The molecule has 5 amide bonds. The fourth-order valence-electron chi connectivity index (χ4n) is 6.65. The van der Waals surface area contributed by atoms with E-state index in [1.165, 1.54) is 10.5 Å². The van der Waals surface area contributed by atoms with Gasteiger partial charge in [-0.25, -0.2) is 19.3 Å². The first-order valence-corrected chi connectivity index (χ1v) is 15.0. The van der Waals surface area contributed by atoms with Crippen LogP contribution in [0.2, 0.25) is 0 Å². The minimum atomic E-state index is -1.20. The van der Waals surface area contributed by atoms with Gasteiger partial charge in [-0.15, -0.1) is 0 Å². The van der Waals surface area contributed by atoms with E-state index < -0.39 is 29.9 Å². The Hall–Kier alpha value is -3.87. The van der Waals surface area contributed by atoms with Crippen molar-refractivity contribution >= 4 is 29.9 Å². The number of piperazine rings is 2. The van der Waals surface area contributed by atoms with Crippen LogP contribution in [0.15, 0.2) is 30.3 Å². The quantitative estimate of drug-likeness (QED) is 0.250. The number of carboxylic acids is 1. The van der Waals surface area contributed by atoms with Crippen molar-refractivity contribution in [2.45, 2.75) is 31.7 Å². The van der Waals surface area contributed by atoms with Crippen LogP contribution in [-0.2, 0) is 16.0 Å². The Morgan fingerprint density at radius 2 is 1.45 bits per heavy atom. The third kappa shape index (κ3) is 6.45. The summed E-state index contributed by atoms with van der Waals surface area (Å²) in [7, 11) is 0. The van der Waals surface area contributed by atoms with Crippen molar-refractivity contribution in [1.82, 2.24) is 29.4 Å². The summed E-state index contributed by atoms with van der Waals surface area (Å²) in [5.74, 6) is -2.40. The van der Waals surface area contributed by atoms with E-state index in [1.807, 2.05) is 23.1 Å². The molecule has 3 unspecified atom stereocenters. The molecule has 4 N–H and O–H groups in total. The van der Waals surface area contributed by atoms with E-state index in [0.29, 0.717) is 45.7 Å². The van der Waals surface area contributed by atoms with Gasteiger partial charge in [0.2, 0.25) is 5.91 Å². The molecule has 13 heteroatoms. The van der Waals surface area contributed by atoms with Gasteiger partial charge in [0.05, 0.1) is 5.92 Å². The topological polar surface area (TPSA) is 158 Å². The van der Waals surface area contributed by atoms with Gasteiger partial charge in [0.25, 0.3) is 0 Å². The molecular weight excluding hydrogens is 540 g/mol. The minimum Gasteiger partial charge on any atom is -0.480 e. The first-order valence-electron chi connectivity index (χ1n) is 15.0. The molecule has 1 aromatic rings. The second-order valence-corrected chi connectivity index (χ2v) is 11.8. The van der Waals surface area contributed by atoms with Crippen LogP contribution in [0.4, 0.5) is 9.59 Å². The third-order valence-corrected chi connectivity index (χ3v) is 9.14. The van der Waals surface area contributed by atoms with E-state index in [1.54, 1.807) is 9.80 Å². The number of hydrogen-bond acceptors (Lipinski definition) is 6. The number of imide groups is 1. The Labute approximate surface area is 246 Å². The Kier molecular flexibility index (Phi) is 9.15. The molecule has 4 heterocycles. The van der Waals surface area contributed by atoms with E-state index in [9.17, 15) is 24.3 Å². The lowest BCUT2D eigenvalue weighted by molar-refractivity contribution is -0.167. The summed E-state index contributed by atoms with van der Waals surface area (Å²) in [6.07, 6.45) is 2.98. The standard InChI is InChI=1S/C29H42N8O5/c30-27(31)36-9-4-7-22(20-36)19-23-24(26(39)40)37(25(23)38)29(42)35-17-15-34(16-18-35)28(41)33-13-11-32(12-14-33)10-8-21-5-2-1-3-6-21/h1-3,5-6,22-24H,4,7-20H2,(H3,30,31)(H,39,40). The summed E-state index contributed by atoms with van der Waals surface area (Å²) in [6, 6.07) is 8.52. The number of urea groups is 2. The molecule has 5 rings (SSSR count). The SMILES string of the molecule is N=C(N)N1CCCC(CC2C(=O)N(C(=O)N3CCN(C(=O)N4CCN(CCc5ccccc5)CC4)CC3)C2C(=O)O)C1. The zero-order chi connectivity index (χ0) is 29.8. The second-order valence-electron chi connectivity index (χ2n) is 11.8. The number of nitrogens with two attached hydrogens (primary N) is 1. The number of β-lactam (4-membered cyclic amide) rings is 1. The van der Waals surface area contributed by atoms with Crippen LogP contribution in [0.5, 0.6) is 0 Å². The Morgan fingerprint density at radius 3 is 2.05 bits per heavy atom. The number of benzene rings is 1. The lowest BCUT2D eigenvalue weighted by Crippen LogP contribution is -2.70. The van der Waals surface area contributed by atoms with Gasteiger partial charge in [0.1, 0.15) is 0 Å². The number of carboxylic acid groups (broad SMARTS) is 1. The molecule has 0 spiro atoms. The number of guanidine groups is 1. The smallest absolute Gasteiger partial charge is 0.327 e. The highest BCUT2D eigenvalue weighted by molar-refractivity contribution is 6.07. The van der Waals surface area contributed by atoms with Crippen LogP contribution >= 0.6 is 0 Å². The zero-order valence-corrected chi connectivity index (χ0v) is 24.1. The minimum absolute atomic E-state index is 0.0232. The number of hydrogen-bond donors (Lipinski definition) is 3. The summed E-state index contributed by atoms with van der Waals surface area (Å²) in [5, 5.41) is 17.6. The summed E-state index contributed by atoms with van der Waals surface area (Å²) >= 11 is 0. The number of carbonyl (C=O) groups is 4. The zero-order valence-electron chi connectivity index (χ0n) is 24.1. The highest BCUT2D eigenvalue weighted by atomic mass is 16.4. The molecule has 0 aromatic heterocycles. The first-order chi connectivity index (χ1) is 20.2. The molecule has 4 aliphatic rings. The Balaban J connectivity index is 1.07. The largest absolute Gasteiger partial charge is 0.480 e. The van der Waals surface area contributed by atoms with Gasteiger partial charge in [-0.3, -0.25) is 15.1 Å². The normalized spacial score (nSPS) is 25.3. The first kappa shape index (κ1) is 29.6. The predicted molar refractivity (Wildman–Crippen MR) is 155 cm³/mol. The van der Waals surface area contributed by atoms with Gasteiger partial charge in [0.15, 0.2) is 12.0 Å². The van der Waals surface area contributed by atoms with E-state index in [2.05, 4.69) is 17.0 Å². The lowest BCUT2D eigenvalue weighted by Gasteiger charge is -2.48. The number of rotatable bonds is 6. The van der Waals surface area contributed by atoms with Gasteiger partial charge in [-0.2, -0.15) is 0 Å². The van der Waals surface area contributed by atoms with Crippen molar-refractivity contribution in [2.24, 2.45) is 17.6 Å². The number of amides is 5. The number of nitrogens with one attached hydrogen (secondary N) is 1. The van der Waals surface area contributed by atoms with Gasteiger partial charge in [-0.05, 0) is 37.2 Å². The van der Waals surface area contributed by atoms with Crippen LogP contribution in [0.3, 0.4) is 0 Å². The van der Waals surface area contributed by atoms with Crippen LogP contribution in [-0.4, -0.2) is 142 Å². The van der Waals surface area contributed by atoms with Crippen molar-refractivity contribution in [2.75, 3.05) is 72.0 Å². The van der Waals surface area contributed by atoms with Gasteiger partial charge in [-0.1, -0.05) is 30.3 Å². The van der Waals surface area contributed by atoms with Crippen molar-refractivity contribution in [3.05, 3.63) is 35.9 Å². The molecule has 4 aliphatic heterocycles. The predicted octanol–water partition coefficient (Wildman–Crippen LogP) is 0.611. The van der Waals surface area contributed by atoms with Crippen molar-refractivity contribution < 1.29 is 24.3 Å². The van der Waals surface area contributed by atoms with Gasteiger partial charge >= 0.3 is 18.0 Å². The maximum absolute atomic E-state index is 13.3. The lowest BCUT2D eigenvalue weighted by atomic mass is 9.78. The average Bonchev–Trinajstić information content (AvgIpc) is 3.01. The fraction of sp³-hybridized carbons (Fsp3) is 0.621. The highest BCUT2D eigenvalue weighted by Crippen LogP contribution is 2.36. The molecular formula is C29H42N8O5. The molecule has 4 saturated heterocycles. The summed E-state index contributed by atoms with van der Waals surface area (Å²) in [5.41, 5.74) is 6.92. The van der Waals surface area contributed by atoms with E-state index >= 15 is 0 Å². The number of carbonyl (C=O) groups excluding carboxylic acids is 3. The molecule has 1 aromatic carbocycles. The molecule has 0 saturated carbocycles. The Morgan fingerprint density at radius 1 is 0.857 bits per heavy atom. The van der Waals surface area contributed by atoms with Crippen LogP contribution in [0.25, 0.3) is 0 Å². The summed E-state index contributed by atoms with van der Waals surface area (Å²) in [6.45, 7) is 6.27. The molecule has 3 atom stereocenters. The van der Waals surface area contributed by atoms with E-state index in [-0.39, 0.29) is 31.0 Å². The number of aliphatic carboxylic acids is 1. The van der Waals surface area contributed by atoms with Crippen LogP contribution in [0, 0.1) is 17.2 Å². The maximum Gasteiger partial charge on any atom is 0.327 e. The fourth-order valence-corrected chi connectivity index (χ4v) is 6.65. The maximum atomic E-state index is 13.3. The third-order valence-electron chi connectivity index (χ3n) is 9.14. The molecule has 0 bridgehead atoms. The van der Waals surface area contributed by atoms with Crippen molar-refractivity contribution in [3.8, 4) is 0 Å². The molecule has 13 nitrogen and oxygen atoms in total. The number of piperidine rings is 1. The van der Waals surface area contributed by atoms with Crippen molar-refractivity contribution in [1.29, 1.82) is 5.41 Å². The molecule has 42 heavy (non-hydrogen) atoms. The summed E-state index contributed by atoms with van der Waals surface area (Å²) < 4.78 is 0.